The summed E-state index contributed by atoms with van der Waals surface area (Å²) in [6.45, 7) is 1.94. The fourth-order valence-electron chi connectivity index (χ4n) is 3.20. The number of carbonyl (C=O) groups excluding carboxylic acids is 1. The fraction of sp³-hybridized carbons (Fsp3) is 0.0833. The van der Waals surface area contributed by atoms with Crippen LogP contribution >= 0.6 is 0 Å². The predicted octanol–water partition coefficient (Wildman–Crippen LogP) is 3.00. The molecule has 0 bridgehead atoms. The Kier molecular flexibility index (Phi) is 5.57. The summed E-state index contributed by atoms with van der Waals surface area (Å²) in [5, 5.41) is 6.79. The van der Waals surface area contributed by atoms with Crippen LogP contribution in [0.25, 0.3) is 5.69 Å². The molecule has 0 fully saturated rings. The Morgan fingerprint density at radius 2 is 1.48 bits per heavy atom. The summed E-state index contributed by atoms with van der Waals surface area (Å²) in [6, 6.07) is 24.9. The van der Waals surface area contributed by atoms with Crippen LogP contribution in [0.5, 0.6) is 0 Å². The first kappa shape index (κ1) is 20.0. The van der Waals surface area contributed by atoms with Crippen LogP contribution in [-0.2, 0) is 6.54 Å². The molecule has 3 aromatic carbocycles. The maximum atomic E-state index is 13.2. The number of para-hydroxylation sites is 2. The third kappa shape index (κ3) is 4.20. The van der Waals surface area contributed by atoms with Crippen molar-refractivity contribution in [3.8, 4) is 5.69 Å². The summed E-state index contributed by atoms with van der Waals surface area (Å²) in [5.74, 6) is -0.681. The van der Waals surface area contributed by atoms with Gasteiger partial charge in [0.25, 0.3) is 11.5 Å². The van der Waals surface area contributed by atoms with Crippen LogP contribution in [0.1, 0.15) is 21.6 Å². The van der Waals surface area contributed by atoms with Crippen molar-refractivity contribution in [1.29, 1.82) is 0 Å². The molecule has 0 radical (unpaired) electrons. The average molecular weight is 412 g/mol. The zero-order valence-electron chi connectivity index (χ0n) is 16.9. The van der Waals surface area contributed by atoms with E-state index in [-0.39, 0.29) is 12.2 Å². The second-order valence-corrected chi connectivity index (χ2v) is 7.02. The highest BCUT2D eigenvalue weighted by atomic mass is 16.2. The SMILES string of the molecule is Cc1ccccc1Cn1c(=O)c(C(=O)Nc2ccccc2)nn(-c2ccccc2)c1=O. The summed E-state index contributed by atoms with van der Waals surface area (Å²) < 4.78 is 2.13. The largest absolute Gasteiger partial charge is 0.352 e. The van der Waals surface area contributed by atoms with Crippen molar-refractivity contribution in [3.05, 3.63) is 123 Å². The van der Waals surface area contributed by atoms with Gasteiger partial charge < -0.3 is 5.32 Å². The van der Waals surface area contributed by atoms with E-state index in [2.05, 4.69) is 10.4 Å². The van der Waals surface area contributed by atoms with Crippen molar-refractivity contribution in [2.75, 3.05) is 5.32 Å². The van der Waals surface area contributed by atoms with Gasteiger partial charge in [0.05, 0.1) is 12.2 Å². The van der Waals surface area contributed by atoms with Crippen molar-refractivity contribution < 1.29 is 4.79 Å². The standard InChI is InChI=1S/C24H20N4O3/c1-17-10-8-9-11-18(17)16-27-23(30)21(22(29)25-19-12-4-2-5-13-19)26-28(24(27)31)20-14-6-3-7-15-20/h2-15H,16H2,1H3,(H,25,29). The molecule has 0 aliphatic carbocycles. The molecule has 0 aliphatic rings. The second kappa shape index (κ2) is 8.62. The Balaban J connectivity index is 1.86. The third-order valence-electron chi connectivity index (χ3n) is 4.90. The van der Waals surface area contributed by atoms with Crippen LogP contribution < -0.4 is 16.6 Å². The third-order valence-corrected chi connectivity index (χ3v) is 4.90. The van der Waals surface area contributed by atoms with Gasteiger partial charge in [-0.25, -0.2) is 4.79 Å². The van der Waals surface area contributed by atoms with E-state index in [1.54, 1.807) is 54.6 Å². The summed E-state index contributed by atoms with van der Waals surface area (Å²) >= 11 is 0. The summed E-state index contributed by atoms with van der Waals surface area (Å²) in [4.78, 5) is 39.2. The summed E-state index contributed by atoms with van der Waals surface area (Å²) in [6.07, 6.45) is 0. The molecule has 1 aromatic heterocycles. The van der Waals surface area contributed by atoms with E-state index in [9.17, 15) is 14.4 Å². The number of hydrogen-bond donors (Lipinski definition) is 1. The molecule has 7 nitrogen and oxygen atoms in total. The quantitative estimate of drug-likeness (QED) is 0.546. The lowest BCUT2D eigenvalue weighted by Crippen LogP contribution is -2.45. The van der Waals surface area contributed by atoms with E-state index in [1.807, 2.05) is 37.3 Å². The molecule has 154 valence electrons. The van der Waals surface area contributed by atoms with Crippen LogP contribution in [0.15, 0.2) is 94.5 Å². The lowest BCUT2D eigenvalue weighted by atomic mass is 10.1. The normalized spacial score (nSPS) is 10.6. The molecule has 4 rings (SSSR count). The summed E-state index contributed by atoms with van der Waals surface area (Å²) in [7, 11) is 0. The number of nitrogens with zero attached hydrogens (tertiary/aromatic N) is 3. The highest BCUT2D eigenvalue weighted by Crippen LogP contribution is 2.09. The van der Waals surface area contributed by atoms with Gasteiger partial charge in [0.2, 0.25) is 5.69 Å². The predicted molar refractivity (Wildman–Crippen MR) is 119 cm³/mol. The van der Waals surface area contributed by atoms with Gasteiger partial charge in [-0.2, -0.15) is 9.78 Å². The van der Waals surface area contributed by atoms with E-state index in [1.165, 1.54) is 0 Å². The van der Waals surface area contributed by atoms with Gasteiger partial charge >= 0.3 is 5.69 Å². The van der Waals surface area contributed by atoms with Crippen molar-refractivity contribution in [2.24, 2.45) is 0 Å². The van der Waals surface area contributed by atoms with Crippen molar-refractivity contribution in [2.45, 2.75) is 13.5 Å². The number of amides is 1. The van der Waals surface area contributed by atoms with Gasteiger partial charge in [-0.1, -0.05) is 60.7 Å². The number of aryl methyl sites for hydroxylation is 1. The highest BCUT2D eigenvalue weighted by molar-refractivity contribution is 6.02. The fourth-order valence-corrected chi connectivity index (χ4v) is 3.20. The first-order valence-corrected chi connectivity index (χ1v) is 9.75. The molecule has 7 heteroatoms. The van der Waals surface area contributed by atoms with E-state index >= 15 is 0 Å². The Hall–Kier alpha value is -4.26. The first-order chi connectivity index (χ1) is 15.0. The van der Waals surface area contributed by atoms with Crippen LogP contribution in [0, 0.1) is 6.92 Å². The minimum Gasteiger partial charge on any atom is -0.320 e. The van der Waals surface area contributed by atoms with Crippen LogP contribution in [0.4, 0.5) is 5.69 Å². The Morgan fingerprint density at radius 3 is 2.16 bits per heavy atom. The maximum absolute atomic E-state index is 13.2. The minimum absolute atomic E-state index is 0.0330. The zero-order chi connectivity index (χ0) is 21.8. The lowest BCUT2D eigenvalue weighted by Gasteiger charge is -2.13. The maximum Gasteiger partial charge on any atom is 0.352 e. The minimum atomic E-state index is -0.742. The van der Waals surface area contributed by atoms with Gasteiger partial charge in [0, 0.05) is 5.69 Å². The molecule has 1 amide bonds. The topological polar surface area (TPSA) is 86.0 Å². The van der Waals surface area contributed by atoms with Gasteiger partial charge in [0.1, 0.15) is 0 Å². The number of benzene rings is 3. The molecule has 0 saturated carbocycles. The molecular weight excluding hydrogens is 392 g/mol. The number of nitrogens with one attached hydrogen (secondary N) is 1. The Bertz CT molecular complexity index is 1340. The zero-order valence-corrected chi connectivity index (χ0v) is 16.9. The van der Waals surface area contributed by atoms with Crippen LogP contribution in [-0.4, -0.2) is 20.3 Å². The molecule has 0 aliphatic heterocycles. The van der Waals surface area contributed by atoms with E-state index in [0.717, 1.165) is 20.4 Å². The molecule has 1 N–H and O–H groups in total. The molecule has 0 spiro atoms. The van der Waals surface area contributed by atoms with Crippen molar-refractivity contribution >= 4 is 11.6 Å². The number of carbonyl (C=O) groups is 1. The van der Waals surface area contributed by atoms with Crippen LogP contribution in [0.3, 0.4) is 0 Å². The molecule has 0 saturated heterocycles. The van der Waals surface area contributed by atoms with E-state index in [0.29, 0.717) is 11.4 Å². The van der Waals surface area contributed by atoms with E-state index in [4.69, 9.17) is 0 Å². The van der Waals surface area contributed by atoms with Crippen molar-refractivity contribution in [3.63, 3.8) is 0 Å². The first-order valence-electron chi connectivity index (χ1n) is 9.75. The monoisotopic (exact) mass is 412 g/mol. The molecular formula is C24H20N4O3. The smallest absolute Gasteiger partial charge is 0.320 e. The molecule has 4 aromatic rings. The van der Waals surface area contributed by atoms with Crippen LogP contribution in [0.2, 0.25) is 0 Å². The van der Waals surface area contributed by atoms with Crippen molar-refractivity contribution in [1.82, 2.24) is 14.3 Å². The highest BCUT2D eigenvalue weighted by Gasteiger charge is 2.21. The molecule has 31 heavy (non-hydrogen) atoms. The molecule has 1 heterocycles. The number of anilines is 1. The Labute approximate surface area is 178 Å². The number of rotatable bonds is 5. The number of hydrogen-bond acceptors (Lipinski definition) is 4. The van der Waals surface area contributed by atoms with E-state index < -0.39 is 17.2 Å². The Morgan fingerprint density at radius 1 is 0.871 bits per heavy atom. The second-order valence-electron chi connectivity index (χ2n) is 7.02. The lowest BCUT2D eigenvalue weighted by molar-refractivity contribution is 0.101. The van der Waals surface area contributed by atoms with Gasteiger partial charge in [0.15, 0.2) is 0 Å². The van der Waals surface area contributed by atoms with Gasteiger partial charge in [-0.3, -0.25) is 14.2 Å². The average Bonchev–Trinajstić information content (AvgIpc) is 2.79. The van der Waals surface area contributed by atoms with Gasteiger partial charge in [-0.05, 0) is 42.3 Å². The molecule has 0 atom stereocenters. The van der Waals surface area contributed by atoms with Gasteiger partial charge in [-0.15, -0.1) is 0 Å². The number of aromatic nitrogens is 3. The summed E-state index contributed by atoms with van der Waals surface area (Å²) in [5.41, 5.74) is 1.01. The molecule has 0 unspecified atom stereocenters.